The molecule has 0 fully saturated rings. The lowest BCUT2D eigenvalue weighted by molar-refractivity contribution is 0.0944. The molecule has 0 aliphatic carbocycles. The molecule has 2 aromatic carbocycles. The molecule has 0 aliphatic heterocycles. The molecule has 3 aromatic rings. The number of H-pyrrole nitrogens is 1. The summed E-state index contributed by atoms with van der Waals surface area (Å²) in [6.07, 6.45) is 1.44. The minimum Gasteiger partial charge on any atom is -0.360 e. The van der Waals surface area contributed by atoms with E-state index in [1.54, 1.807) is 30.3 Å². The highest BCUT2D eigenvalue weighted by Crippen LogP contribution is 2.22. The molecule has 1 heterocycles. The van der Waals surface area contributed by atoms with Crippen molar-refractivity contribution < 1.29 is 9.18 Å². The summed E-state index contributed by atoms with van der Waals surface area (Å²) in [7, 11) is 0. The van der Waals surface area contributed by atoms with E-state index in [-0.39, 0.29) is 16.8 Å². The molecule has 0 radical (unpaired) electrons. The highest BCUT2D eigenvalue weighted by Gasteiger charge is 2.22. The van der Waals surface area contributed by atoms with Crippen LogP contribution in [-0.4, -0.2) is 17.4 Å². The lowest BCUT2D eigenvalue weighted by Gasteiger charge is -2.25. The van der Waals surface area contributed by atoms with Crippen LogP contribution >= 0.6 is 0 Å². The Morgan fingerprint density at radius 2 is 1.80 bits per heavy atom. The van der Waals surface area contributed by atoms with Gasteiger partial charge in [0, 0.05) is 29.1 Å². The third-order valence-electron chi connectivity index (χ3n) is 4.35. The number of halogens is 1. The first-order chi connectivity index (χ1) is 11.9. The van der Waals surface area contributed by atoms with Gasteiger partial charge in [0.15, 0.2) is 0 Å². The molecule has 0 saturated heterocycles. The Kier molecular flexibility index (Phi) is 4.40. The summed E-state index contributed by atoms with van der Waals surface area (Å²) in [4.78, 5) is 27.9. The summed E-state index contributed by atoms with van der Waals surface area (Å²) in [5.74, 6) is -0.728. The van der Waals surface area contributed by atoms with E-state index in [9.17, 15) is 14.0 Å². The Balaban J connectivity index is 1.79. The van der Waals surface area contributed by atoms with Gasteiger partial charge < -0.3 is 10.3 Å². The largest absolute Gasteiger partial charge is 0.360 e. The number of rotatable bonds is 4. The number of pyridine rings is 1. The molecule has 0 spiro atoms. The molecular formula is C20H19FN2O2. The number of fused-ring (bicyclic) bond motifs is 1. The highest BCUT2D eigenvalue weighted by atomic mass is 19.1. The summed E-state index contributed by atoms with van der Waals surface area (Å²) < 4.78 is 13.1. The molecule has 5 heteroatoms. The van der Waals surface area contributed by atoms with Crippen LogP contribution in [0.5, 0.6) is 0 Å². The monoisotopic (exact) mass is 338 g/mol. The van der Waals surface area contributed by atoms with Gasteiger partial charge >= 0.3 is 0 Å². The van der Waals surface area contributed by atoms with E-state index >= 15 is 0 Å². The van der Waals surface area contributed by atoms with Crippen LogP contribution in [0, 0.1) is 5.82 Å². The van der Waals surface area contributed by atoms with Crippen molar-refractivity contribution >= 4 is 16.8 Å². The van der Waals surface area contributed by atoms with Gasteiger partial charge in [0.2, 0.25) is 5.43 Å². The molecule has 1 amide bonds. The zero-order valence-electron chi connectivity index (χ0n) is 14.1. The second kappa shape index (κ2) is 6.51. The fourth-order valence-corrected chi connectivity index (χ4v) is 2.74. The smallest absolute Gasteiger partial charge is 0.256 e. The van der Waals surface area contributed by atoms with E-state index in [2.05, 4.69) is 10.3 Å². The van der Waals surface area contributed by atoms with Gasteiger partial charge in [-0.1, -0.05) is 38.1 Å². The first kappa shape index (κ1) is 16.9. The predicted molar refractivity (Wildman–Crippen MR) is 96.3 cm³/mol. The van der Waals surface area contributed by atoms with E-state index < -0.39 is 11.3 Å². The van der Waals surface area contributed by atoms with E-state index in [0.29, 0.717) is 17.4 Å². The number of hydrogen-bond acceptors (Lipinski definition) is 2. The molecule has 25 heavy (non-hydrogen) atoms. The average molecular weight is 338 g/mol. The van der Waals surface area contributed by atoms with E-state index in [1.165, 1.54) is 18.3 Å². The minimum atomic E-state index is -0.429. The van der Waals surface area contributed by atoms with Gasteiger partial charge in [0.25, 0.3) is 5.91 Å². The van der Waals surface area contributed by atoms with Crippen LogP contribution in [0.3, 0.4) is 0 Å². The molecule has 0 saturated carbocycles. The minimum absolute atomic E-state index is 0.0774. The predicted octanol–water partition coefficient (Wildman–Crippen LogP) is 3.37. The fraction of sp³-hybridized carbons (Fsp3) is 0.200. The van der Waals surface area contributed by atoms with Gasteiger partial charge in [0.1, 0.15) is 11.4 Å². The molecule has 0 unspecified atom stereocenters. The average Bonchev–Trinajstić information content (AvgIpc) is 2.61. The number of benzene rings is 2. The fourth-order valence-electron chi connectivity index (χ4n) is 2.74. The Labute approximate surface area is 144 Å². The van der Waals surface area contributed by atoms with Crippen molar-refractivity contribution in [2.75, 3.05) is 6.54 Å². The summed E-state index contributed by atoms with van der Waals surface area (Å²) in [5, 5.41) is 3.28. The van der Waals surface area contributed by atoms with Crippen LogP contribution in [-0.2, 0) is 5.41 Å². The van der Waals surface area contributed by atoms with Gasteiger partial charge in [-0.3, -0.25) is 9.59 Å². The summed E-state index contributed by atoms with van der Waals surface area (Å²) >= 11 is 0. The van der Waals surface area contributed by atoms with E-state index in [4.69, 9.17) is 0 Å². The standard InChI is InChI=1S/C20H19FN2O2/c1-20(2,13-7-9-14(21)10-8-13)12-23-19(25)16-11-22-17-6-4-3-5-15(17)18(16)24/h3-11H,12H2,1-2H3,(H,22,24)(H,23,25). The zero-order chi connectivity index (χ0) is 18.0. The van der Waals surface area contributed by atoms with Gasteiger partial charge in [-0.2, -0.15) is 0 Å². The van der Waals surface area contributed by atoms with Crippen molar-refractivity contribution in [2.45, 2.75) is 19.3 Å². The second-order valence-corrected chi connectivity index (χ2v) is 6.65. The van der Waals surface area contributed by atoms with Crippen LogP contribution in [0.2, 0.25) is 0 Å². The van der Waals surface area contributed by atoms with Crippen LogP contribution in [0.1, 0.15) is 29.8 Å². The van der Waals surface area contributed by atoms with Crippen molar-refractivity contribution in [3.8, 4) is 0 Å². The summed E-state index contributed by atoms with van der Waals surface area (Å²) in [6, 6.07) is 13.2. The molecule has 3 rings (SSSR count). The number of nitrogens with one attached hydrogen (secondary N) is 2. The number of carbonyl (C=O) groups excluding carboxylic acids is 1. The van der Waals surface area contributed by atoms with Crippen molar-refractivity contribution in [2.24, 2.45) is 0 Å². The first-order valence-electron chi connectivity index (χ1n) is 8.03. The number of aromatic nitrogens is 1. The molecule has 0 atom stereocenters. The molecule has 4 nitrogen and oxygen atoms in total. The van der Waals surface area contributed by atoms with Gasteiger partial charge in [-0.05, 0) is 29.8 Å². The van der Waals surface area contributed by atoms with Gasteiger partial charge in [0.05, 0.1) is 0 Å². The zero-order valence-corrected chi connectivity index (χ0v) is 14.1. The molecule has 1 aromatic heterocycles. The molecule has 128 valence electrons. The van der Waals surface area contributed by atoms with E-state index in [1.807, 2.05) is 19.9 Å². The van der Waals surface area contributed by atoms with Crippen LogP contribution in [0.25, 0.3) is 10.9 Å². The SMILES string of the molecule is CC(C)(CNC(=O)c1c[nH]c2ccccc2c1=O)c1ccc(F)cc1. The lowest BCUT2D eigenvalue weighted by atomic mass is 9.84. The highest BCUT2D eigenvalue weighted by molar-refractivity contribution is 5.97. The maximum atomic E-state index is 13.1. The number of hydrogen-bond donors (Lipinski definition) is 2. The first-order valence-corrected chi connectivity index (χ1v) is 8.03. The van der Waals surface area contributed by atoms with Crippen molar-refractivity contribution in [1.29, 1.82) is 0 Å². The molecule has 0 aliphatic rings. The molecule has 0 bridgehead atoms. The number of para-hydroxylation sites is 1. The Bertz CT molecular complexity index is 975. The number of aromatic amines is 1. The maximum Gasteiger partial charge on any atom is 0.256 e. The lowest BCUT2D eigenvalue weighted by Crippen LogP contribution is -2.38. The molecular weight excluding hydrogens is 319 g/mol. The van der Waals surface area contributed by atoms with E-state index in [0.717, 1.165) is 5.56 Å². The number of carbonyl (C=O) groups is 1. The van der Waals surface area contributed by atoms with Crippen LogP contribution < -0.4 is 10.7 Å². The summed E-state index contributed by atoms with van der Waals surface area (Å²) in [6.45, 7) is 4.22. The summed E-state index contributed by atoms with van der Waals surface area (Å²) in [5.41, 5.74) is 0.977. The Morgan fingerprint density at radius 1 is 1.12 bits per heavy atom. The van der Waals surface area contributed by atoms with Crippen LogP contribution in [0.4, 0.5) is 4.39 Å². The van der Waals surface area contributed by atoms with Crippen molar-refractivity contribution in [3.63, 3.8) is 0 Å². The quantitative estimate of drug-likeness (QED) is 0.766. The Hall–Kier alpha value is -2.95. The number of amides is 1. The Morgan fingerprint density at radius 3 is 2.52 bits per heavy atom. The van der Waals surface area contributed by atoms with Crippen molar-refractivity contribution in [1.82, 2.24) is 10.3 Å². The molecule has 2 N–H and O–H groups in total. The third-order valence-corrected chi connectivity index (χ3v) is 4.35. The normalized spacial score (nSPS) is 11.5. The van der Waals surface area contributed by atoms with Crippen molar-refractivity contribution in [3.05, 3.63) is 81.9 Å². The maximum absolute atomic E-state index is 13.1. The van der Waals surface area contributed by atoms with Gasteiger partial charge in [-0.15, -0.1) is 0 Å². The van der Waals surface area contributed by atoms with Gasteiger partial charge in [-0.25, -0.2) is 4.39 Å². The topological polar surface area (TPSA) is 62.0 Å². The van der Waals surface area contributed by atoms with Crippen LogP contribution in [0.15, 0.2) is 59.5 Å². The third kappa shape index (κ3) is 3.45. The second-order valence-electron chi connectivity index (χ2n) is 6.65.